The fourth-order valence-electron chi connectivity index (χ4n) is 3.84. The zero-order chi connectivity index (χ0) is 21.7. The fraction of sp³-hybridized carbons (Fsp3) is 0.591. The van der Waals surface area contributed by atoms with E-state index in [2.05, 4.69) is 5.32 Å². The Balaban J connectivity index is 1.73. The number of ether oxygens (including phenoxy) is 3. The van der Waals surface area contributed by atoms with Crippen LogP contribution in [0.3, 0.4) is 0 Å². The van der Waals surface area contributed by atoms with Gasteiger partial charge in [0.2, 0.25) is 11.8 Å². The Morgan fingerprint density at radius 1 is 1.07 bits per heavy atom. The maximum atomic E-state index is 13.0. The second-order valence-corrected chi connectivity index (χ2v) is 7.85. The molecule has 2 fully saturated rings. The number of nitrogens with one attached hydrogen (secondary N) is 1. The van der Waals surface area contributed by atoms with Gasteiger partial charge in [0.05, 0.1) is 39.7 Å². The van der Waals surface area contributed by atoms with Gasteiger partial charge in [-0.15, -0.1) is 0 Å². The van der Waals surface area contributed by atoms with Crippen LogP contribution in [0.25, 0.3) is 0 Å². The first-order chi connectivity index (χ1) is 14.5. The van der Waals surface area contributed by atoms with Gasteiger partial charge >= 0.3 is 5.97 Å². The van der Waals surface area contributed by atoms with E-state index in [0.29, 0.717) is 30.2 Å². The zero-order valence-corrected chi connectivity index (χ0v) is 17.8. The van der Waals surface area contributed by atoms with Gasteiger partial charge in [0.1, 0.15) is 0 Å². The summed E-state index contributed by atoms with van der Waals surface area (Å²) in [5.41, 5.74) is 0.716. The third kappa shape index (κ3) is 5.23. The molecule has 0 radical (unpaired) electrons. The fourth-order valence-corrected chi connectivity index (χ4v) is 3.84. The van der Waals surface area contributed by atoms with Gasteiger partial charge in [0, 0.05) is 19.0 Å². The van der Waals surface area contributed by atoms with E-state index in [1.165, 1.54) is 14.2 Å². The van der Waals surface area contributed by atoms with Gasteiger partial charge in [-0.3, -0.25) is 14.4 Å². The molecule has 0 spiro atoms. The molecule has 8 heteroatoms. The summed E-state index contributed by atoms with van der Waals surface area (Å²) in [5, 5.41) is 2.99. The number of esters is 1. The van der Waals surface area contributed by atoms with E-state index in [-0.39, 0.29) is 30.1 Å². The predicted molar refractivity (Wildman–Crippen MR) is 109 cm³/mol. The summed E-state index contributed by atoms with van der Waals surface area (Å²) in [6.45, 7) is 1.14. The quantitative estimate of drug-likeness (QED) is 0.650. The van der Waals surface area contributed by atoms with Gasteiger partial charge in [-0.05, 0) is 43.4 Å². The number of nitrogens with zero attached hydrogens (tertiary/aromatic N) is 1. The SMILES string of the molecule is COC(=O)CC(NC(=O)C1CCCN(C(=O)C2CC2)C1)c1ccc(OC)c(OC)c1. The summed E-state index contributed by atoms with van der Waals surface area (Å²) in [7, 11) is 4.39. The Kier molecular flexibility index (Phi) is 7.18. The minimum atomic E-state index is -0.570. The summed E-state index contributed by atoms with van der Waals surface area (Å²) in [4.78, 5) is 39.2. The first kappa shape index (κ1) is 21.9. The van der Waals surface area contributed by atoms with Crippen LogP contribution in [0, 0.1) is 11.8 Å². The minimum Gasteiger partial charge on any atom is -0.493 e. The van der Waals surface area contributed by atoms with E-state index >= 15 is 0 Å². The van der Waals surface area contributed by atoms with Crippen LogP contribution in [-0.4, -0.2) is 57.1 Å². The van der Waals surface area contributed by atoms with Gasteiger partial charge in [-0.25, -0.2) is 0 Å². The topological polar surface area (TPSA) is 94.2 Å². The number of hydrogen-bond acceptors (Lipinski definition) is 6. The molecule has 2 amide bonds. The van der Waals surface area contributed by atoms with Gasteiger partial charge in [-0.1, -0.05) is 6.07 Å². The second-order valence-electron chi connectivity index (χ2n) is 7.85. The second kappa shape index (κ2) is 9.82. The van der Waals surface area contributed by atoms with Crippen molar-refractivity contribution in [3.05, 3.63) is 23.8 Å². The normalized spacial score (nSPS) is 19.6. The number of carbonyl (C=O) groups is 3. The Morgan fingerprint density at radius 2 is 1.80 bits per heavy atom. The summed E-state index contributed by atoms with van der Waals surface area (Å²) in [5.74, 6) is 0.506. The molecule has 1 saturated heterocycles. The van der Waals surface area contributed by atoms with E-state index < -0.39 is 12.0 Å². The molecule has 3 rings (SSSR count). The highest BCUT2D eigenvalue weighted by molar-refractivity contribution is 5.84. The van der Waals surface area contributed by atoms with Crippen molar-refractivity contribution in [1.82, 2.24) is 10.2 Å². The van der Waals surface area contributed by atoms with Crippen molar-refractivity contribution in [2.24, 2.45) is 11.8 Å². The lowest BCUT2D eigenvalue weighted by atomic mass is 9.95. The van der Waals surface area contributed by atoms with Crippen LogP contribution in [0.15, 0.2) is 18.2 Å². The first-order valence-corrected chi connectivity index (χ1v) is 10.3. The van der Waals surface area contributed by atoms with Crippen LogP contribution in [0.1, 0.15) is 43.7 Å². The van der Waals surface area contributed by atoms with Crippen molar-refractivity contribution >= 4 is 17.8 Å². The molecule has 0 bridgehead atoms. The lowest BCUT2D eigenvalue weighted by molar-refractivity contribution is -0.141. The summed E-state index contributed by atoms with van der Waals surface area (Å²) in [6.07, 6.45) is 3.42. The molecular formula is C22H30N2O6. The maximum Gasteiger partial charge on any atom is 0.307 e. The molecule has 2 unspecified atom stereocenters. The van der Waals surface area contributed by atoms with Gasteiger partial charge in [0.15, 0.2) is 11.5 Å². The van der Waals surface area contributed by atoms with Gasteiger partial charge in [0.25, 0.3) is 0 Å². The number of amides is 2. The number of likely N-dealkylation sites (tertiary alicyclic amines) is 1. The van der Waals surface area contributed by atoms with Crippen LogP contribution in [0.4, 0.5) is 0 Å². The van der Waals surface area contributed by atoms with Crippen LogP contribution >= 0.6 is 0 Å². The predicted octanol–water partition coefficient (Wildman–Crippen LogP) is 2.07. The zero-order valence-electron chi connectivity index (χ0n) is 17.8. The minimum absolute atomic E-state index is 0.00480. The number of hydrogen-bond donors (Lipinski definition) is 1. The van der Waals surface area contributed by atoms with Crippen molar-refractivity contribution in [2.75, 3.05) is 34.4 Å². The molecule has 164 valence electrons. The standard InChI is InChI=1S/C22H30N2O6/c1-28-18-9-8-15(11-19(18)29-2)17(12-20(25)30-3)23-21(26)16-5-4-10-24(13-16)22(27)14-6-7-14/h8-9,11,14,16-17H,4-7,10,12-13H2,1-3H3,(H,23,26). The third-order valence-corrected chi connectivity index (χ3v) is 5.76. The molecule has 30 heavy (non-hydrogen) atoms. The molecule has 1 aromatic carbocycles. The summed E-state index contributed by atoms with van der Waals surface area (Å²) >= 11 is 0. The summed E-state index contributed by atoms with van der Waals surface area (Å²) < 4.78 is 15.4. The van der Waals surface area contributed by atoms with E-state index in [4.69, 9.17) is 14.2 Å². The Morgan fingerprint density at radius 3 is 2.43 bits per heavy atom. The van der Waals surface area contributed by atoms with E-state index in [0.717, 1.165) is 25.7 Å². The highest BCUT2D eigenvalue weighted by atomic mass is 16.5. The Bertz CT molecular complexity index is 792. The average Bonchev–Trinajstić information content (AvgIpc) is 3.63. The number of piperidine rings is 1. The highest BCUT2D eigenvalue weighted by Gasteiger charge is 2.37. The first-order valence-electron chi connectivity index (χ1n) is 10.3. The van der Waals surface area contributed by atoms with Crippen LogP contribution < -0.4 is 14.8 Å². The van der Waals surface area contributed by atoms with Crippen molar-refractivity contribution in [3.8, 4) is 11.5 Å². The van der Waals surface area contributed by atoms with Crippen molar-refractivity contribution in [3.63, 3.8) is 0 Å². The molecular weight excluding hydrogens is 388 g/mol. The third-order valence-electron chi connectivity index (χ3n) is 5.76. The molecule has 1 aliphatic carbocycles. The number of rotatable bonds is 8. The van der Waals surface area contributed by atoms with Crippen LogP contribution in [0.2, 0.25) is 0 Å². The van der Waals surface area contributed by atoms with E-state index in [9.17, 15) is 14.4 Å². The molecule has 1 heterocycles. The van der Waals surface area contributed by atoms with Gasteiger partial charge < -0.3 is 24.4 Å². The van der Waals surface area contributed by atoms with Crippen molar-refractivity contribution in [2.45, 2.75) is 38.1 Å². The lowest BCUT2D eigenvalue weighted by Gasteiger charge is -2.33. The van der Waals surface area contributed by atoms with Crippen LogP contribution in [0.5, 0.6) is 11.5 Å². The molecule has 2 aliphatic rings. The van der Waals surface area contributed by atoms with E-state index in [1.54, 1.807) is 25.3 Å². The van der Waals surface area contributed by atoms with Crippen molar-refractivity contribution in [1.29, 1.82) is 0 Å². The lowest BCUT2D eigenvalue weighted by Crippen LogP contribution is -2.46. The molecule has 1 saturated carbocycles. The van der Waals surface area contributed by atoms with Gasteiger partial charge in [-0.2, -0.15) is 0 Å². The summed E-state index contributed by atoms with van der Waals surface area (Å²) in [6, 6.07) is 4.70. The van der Waals surface area contributed by atoms with Crippen molar-refractivity contribution < 1.29 is 28.6 Å². The molecule has 0 aromatic heterocycles. The highest BCUT2D eigenvalue weighted by Crippen LogP contribution is 2.33. The Hall–Kier alpha value is -2.77. The van der Waals surface area contributed by atoms with E-state index in [1.807, 2.05) is 4.90 Å². The number of methoxy groups -OCH3 is 3. The molecule has 8 nitrogen and oxygen atoms in total. The number of benzene rings is 1. The number of carbonyl (C=O) groups excluding carboxylic acids is 3. The smallest absolute Gasteiger partial charge is 0.307 e. The molecule has 1 N–H and O–H groups in total. The van der Waals surface area contributed by atoms with Crippen LogP contribution in [-0.2, 0) is 19.1 Å². The Labute approximate surface area is 176 Å². The molecule has 2 atom stereocenters. The monoisotopic (exact) mass is 418 g/mol. The largest absolute Gasteiger partial charge is 0.493 e. The molecule has 1 aliphatic heterocycles. The average molecular weight is 418 g/mol. The maximum absolute atomic E-state index is 13.0. The molecule has 1 aromatic rings.